The van der Waals surface area contributed by atoms with Crippen LogP contribution in [0.2, 0.25) is 0 Å². The Morgan fingerprint density at radius 3 is 2.29 bits per heavy atom. The molecule has 2 rings (SSSR count). The second-order valence-corrected chi connectivity index (χ2v) is 4.29. The Hall–Kier alpha value is -2.80. The number of hydrogen-bond acceptors (Lipinski definition) is 3. The highest BCUT2D eigenvalue weighted by Gasteiger charge is 2.05. The SMILES string of the molecule is COc1ccc(/C=C(\C#N)c2ccc(F)cc2)cc1OC. The highest BCUT2D eigenvalue weighted by molar-refractivity contribution is 5.89. The monoisotopic (exact) mass is 283 g/mol. The van der Waals surface area contributed by atoms with Crippen molar-refractivity contribution in [1.29, 1.82) is 5.26 Å². The van der Waals surface area contributed by atoms with E-state index in [-0.39, 0.29) is 5.82 Å². The highest BCUT2D eigenvalue weighted by atomic mass is 19.1. The zero-order valence-corrected chi connectivity index (χ0v) is 11.8. The van der Waals surface area contributed by atoms with Crippen molar-refractivity contribution in [2.24, 2.45) is 0 Å². The van der Waals surface area contributed by atoms with Crippen LogP contribution >= 0.6 is 0 Å². The summed E-state index contributed by atoms with van der Waals surface area (Å²) in [4.78, 5) is 0. The second-order valence-electron chi connectivity index (χ2n) is 4.29. The first-order chi connectivity index (χ1) is 10.2. The van der Waals surface area contributed by atoms with Gasteiger partial charge in [-0.2, -0.15) is 5.26 Å². The summed E-state index contributed by atoms with van der Waals surface area (Å²) in [6, 6.07) is 13.3. The van der Waals surface area contributed by atoms with Crippen molar-refractivity contribution < 1.29 is 13.9 Å². The highest BCUT2D eigenvalue weighted by Crippen LogP contribution is 2.29. The molecule has 0 aliphatic heterocycles. The van der Waals surface area contributed by atoms with Gasteiger partial charge < -0.3 is 9.47 Å². The zero-order valence-electron chi connectivity index (χ0n) is 11.8. The Morgan fingerprint density at radius 2 is 1.71 bits per heavy atom. The van der Waals surface area contributed by atoms with Crippen LogP contribution in [0.1, 0.15) is 11.1 Å². The number of ether oxygens (including phenoxy) is 2. The van der Waals surface area contributed by atoms with Crippen molar-refractivity contribution in [3.63, 3.8) is 0 Å². The van der Waals surface area contributed by atoms with E-state index in [2.05, 4.69) is 6.07 Å². The molecule has 0 atom stereocenters. The predicted molar refractivity (Wildman–Crippen MR) is 79.4 cm³/mol. The van der Waals surface area contributed by atoms with Crippen molar-refractivity contribution in [2.45, 2.75) is 0 Å². The van der Waals surface area contributed by atoms with E-state index in [1.807, 2.05) is 6.07 Å². The van der Waals surface area contributed by atoms with Gasteiger partial charge in [0.05, 0.1) is 25.9 Å². The molecule has 2 aromatic carbocycles. The number of nitriles is 1. The number of hydrogen-bond donors (Lipinski definition) is 0. The molecule has 3 nitrogen and oxygen atoms in total. The molecular formula is C17H14FNO2. The van der Waals surface area contributed by atoms with Crippen LogP contribution in [0, 0.1) is 17.1 Å². The molecule has 0 N–H and O–H groups in total. The number of methoxy groups -OCH3 is 2. The fourth-order valence-electron chi connectivity index (χ4n) is 1.92. The Bertz CT molecular complexity index is 700. The molecule has 2 aromatic rings. The molecule has 0 saturated carbocycles. The molecule has 21 heavy (non-hydrogen) atoms. The first-order valence-corrected chi connectivity index (χ1v) is 6.27. The third kappa shape index (κ3) is 3.40. The summed E-state index contributed by atoms with van der Waals surface area (Å²) in [6.45, 7) is 0. The van der Waals surface area contributed by atoms with Gasteiger partial charge in [0, 0.05) is 0 Å². The van der Waals surface area contributed by atoms with Crippen LogP contribution in [-0.2, 0) is 0 Å². The quantitative estimate of drug-likeness (QED) is 0.631. The van der Waals surface area contributed by atoms with E-state index in [9.17, 15) is 9.65 Å². The van der Waals surface area contributed by atoms with Crippen LogP contribution in [-0.4, -0.2) is 14.2 Å². The third-order valence-corrected chi connectivity index (χ3v) is 2.99. The van der Waals surface area contributed by atoms with Gasteiger partial charge in [0.1, 0.15) is 5.82 Å². The number of rotatable bonds is 4. The van der Waals surface area contributed by atoms with Gasteiger partial charge in [0.15, 0.2) is 11.5 Å². The van der Waals surface area contributed by atoms with Crippen molar-refractivity contribution in [3.8, 4) is 17.6 Å². The van der Waals surface area contributed by atoms with Crippen LogP contribution in [0.15, 0.2) is 42.5 Å². The molecule has 0 radical (unpaired) electrons. The van der Waals surface area contributed by atoms with E-state index in [0.717, 1.165) is 5.56 Å². The molecule has 0 amide bonds. The van der Waals surface area contributed by atoms with E-state index in [0.29, 0.717) is 22.6 Å². The molecule has 0 aromatic heterocycles. The van der Waals surface area contributed by atoms with Gasteiger partial charge in [-0.25, -0.2) is 4.39 Å². The maximum Gasteiger partial charge on any atom is 0.161 e. The number of allylic oxidation sites excluding steroid dienone is 1. The normalized spacial score (nSPS) is 10.9. The lowest BCUT2D eigenvalue weighted by Gasteiger charge is -2.08. The molecule has 106 valence electrons. The molecule has 0 spiro atoms. The van der Waals surface area contributed by atoms with E-state index in [4.69, 9.17) is 9.47 Å². The first kappa shape index (κ1) is 14.6. The van der Waals surface area contributed by atoms with Gasteiger partial charge in [0.25, 0.3) is 0 Å². The maximum absolute atomic E-state index is 12.9. The van der Waals surface area contributed by atoms with Gasteiger partial charge >= 0.3 is 0 Å². The van der Waals surface area contributed by atoms with Crippen LogP contribution in [0.25, 0.3) is 11.6 Å². The summed E-state index contributed by atoms with van der Waals surface area (Å²) >= 11 is 0. The van der Waals surface area contributed by atoms with Crippen molar-refractivity contribution in [2.75, 3.05) is 14.2 Å². The average molecular weight is 283 g/mol. The summed E-state index contributed by atoms with van der Waals surface area (Å²) in [7, 11) is 3.11. The van der Waals surface area contributed by atoms with Crippen molar-refractivity contribution in [3.05, 3.63) is 59.4 Å². The predicted octanol–water partition coefficient (Wildman–Crippen LogP) is 3.91. The Morgan fingerprint density at radius 1 is 1.05 bits per heavy atom. The minimum Gasteiger partial charge on any atom is -0.493 e. The second kappa shape index (κ2) is 6.58. The fourth-order valence-corrected chi connectivity index (χ4v) is 1.92. The minimum atomic E-state index is -0.331. The lowest BCUT2D eigenvalue weighted by molar-refractivity contribution is 0.355. The molecule has 4 heteroatoms. The molecule has 0 heterocycles. The van der Waals surface area contributed by atoms with E-state index < -0.39 is 0 Å². The van der Waals surface area contributed by atoms with E-state index in [1.165, 1.54) is 12.1 Å². The molecule has 0 saturated heterocycles. The molecule has 0 bridgehead atoms. The standard InChI is InChI=1S/C17H14FNO2/c1-20-16-8-3-12(10-17(16)21-2)9-14(11-19)13-4-6-15(18)7-5-13/h3-10H,1-2H3/b14-9+. The van der Waals surface area contributed by atoms with Crippen LogP contribution in [0.5, 0.6) is 11.5 Å². The maximum atomic E-state index is 12.9. The fraction of sp³-hybridized carbons (Fsp3) is 0.118. The molecule has 0 fully saturated rings. The van der Waals surface area contributed by atoms with Gasteiger partial charge in [-0.1, -0.05) is 18.2 Å². The summed E-state index contributed by atoms with van der Waals surface area (Å²) in [5, 5.41) is 9.27. The van der Waals surface area contributed by atoms with Crippen molar-refractivity contribution >= 4 is 11.6 Å². The van der Waals surface area contributed by atoms with E-state index in [1.54, 1.807) is 44.6 Å². The lowest BCUT2D eigenvalue weighted by atomic mass is 10.0. The topological polar surface area (TPSA) is 42.2 Å². The number of halogens is 1. The first-order valence-electron chi connectivity index (χ1n) is 6.27. The van der Waals surface area contributed by atoms with Gasteiger partial charge in [-0.3, -0.25) is 0 Å². The Labute approximate surface area is 122 Å². The Balaban J connectivity index is 2.41. The van der Waals surface area contributed by atoms with Gasteiger partial charge in [0.2, 0.25) is 0 Å². The zero-order chi connectivity index (χ0) is 15.2. The molecule has 0 aliphatic carbocycles. The third-order valence-electron chi connectivity index (χ3n) is 2.99. The summed E-state index contributed by atoms with van der Waals surface area (Å²) in [6.07, 6.45) is 1.72. The summed E-state index contributed by atoms with van der Waals surface area (Å²) in [5.74, 6) is 0.875. The molecular weight excluding hydrogens is 269 g/mol. The summed E-state index contributed by atoms with van der Waals surface area (Å²) < 4.78 is 23.3. The van der Waals surface area contributed by atoms with Crippen LogP contribution in [0.3, 0.4) is 0 Å². The van der Waals surface area contributed by atoms with Gasteiger partial charge in [-0.15, -0.1) is 0 Å². The number of nitrogens with zero attached hydrogens (tertiary/aromatic N) is 1. The van der Waals surface area contributed by atoms with Crippen molar-refractivity contribution in [1.82, 2.24) is 0 Å². The Kier molecular flexibility index (Phi) is 4.57. The van der Waals surface area contributed by atoms with E-state index >= 15 is 0 Å². The van der Waals surface area contributed by atoms with Crippen LogP contribution in [0.4, 0.5) is 4.39 Å². The smallest absolute Gasteiger partial charge is 0.161 e. The average Bonchev–Trinajstić information content (AvgIpc) is 2.53. The minimum absolute atomic E-state index is 0.331. The molecule has 0 aliphatic rings. The largest absolute Gasteiger partial charge is 0.493 e. The molecule has 0 unspecified atom stereocenters. The van der Waals surface area contributed by atoms with Gasteiger partial charge in [-0.05, 0) is 41.5 Å². The number of benzene rings is 2. The lowest BCUT2D eigenvalue weighted by Crippen LogP contribution is -1.91. The summed E-state index contributed by atoms with van der Waals surface area (Å²) in [5.41, 5.74) is 1.91. The van der Waals surface area contributed by atoms with Crippen LogP contribution < -0.4 is 9.47 Å².